The van der Waals surface area contributed by atoms with Crippen LogP contribution in [-0.4, -0.2) is 72.3 Å². The van der Waals surface area contributed by atoms with Crippen LogP contribution in [0.2, 0.25) is 0 Å². The van der Waals surface area contributed by atoms with Crippen LogP contribution < -0.4 is 10.6 Å². The summed E-state index contributed by atoms with van der Waals surface area (Å²) in [4.78, 5) is 45.2. The third kappa shape index (κ3) is 8.10. The van der Waals surface area contributed by atoms with E-state index in [1.807, 2.05) is 51.9 Å². The van der Waals surface area contributed by atoms with E-state index >= 15 is 0 Å². The molecule has 0 saturated carbocycles. The second-order valence-electron chi connectivity index (χ2n) is 7.92. The number of rotatable bonds is 10. The van der Waals surface area contributed by atoms with E-state index in [-0.39, 0.29) is 36.7 Å². The Morgan fingerprint density at radius 1 is 1.10 bits per heavy atom. The molecular weight excluding hydrogens is 414 g/mol. The molecule has 3 amide bonds. The third-order valence-electron chi connectivity index (χ3n) is 4.52. The SMILES string of the molecule is Cc1ccc(C(=O)N(CC(=O)Nc2nc(CC(=O)NCCN(C)C)cs2)C(C)C)cc1. The number of likely N-dealkylation sites (N-methyl/N-ethyl adjacent to an activating group) is 1. The summed E-state index contributed by atoms with van der Waals surface area (Å²) in [6, 6.07) is 7.14. The Bertz CT molecular complexity index is 893. The molecule has 2 rings (SSSR count). The highest BCUT2D eigenvalue weighted by Crippen LogP contribution is 2.16. The van der Waals surface area contributed by atoms with Gasteiger partial charge in [-0.2, -0.15) is 0 Å². The fourth-order valence-corrected chi connectivity index (χ4v) is 3.48. The van der Waals surface area contributed by atoms with Gasteiger partial charge in [0.15, 0.2) is 5.13 Å². The first kappa shape index (κ1) is 24.5. The topological polar surface area (TPSA) is 94.6 Å². The van der Waals surface area contributed by atoms with Crippen LogP contribution in [0, 0.1) is 6.92 Å². The molecule has 0 fully saturated rings. The molecule has 31 heavy (non-hydrogen) atoms. The first-order valence-electron chi connectivity index (χ1n) is 10.2. The number of carbonyl (C=O) groups excluding carboxylic acids is 3. The van der Waals surface area contributed by atoms with E-state index in [1.54, 1.807) is 17.5 Å². The fraction of sp³-hybridized carbons (Fsp3) is 0.455. The number of amides is 3. The van der Waals surface area contributed by atoms with Gasteiger partial charge in [-0.15, -0.1) is 11.3 Å². The molecule has 8 nitrogen and oxygen atoms in total. The van der Waals surface area contributed by atoms with Crippen LogP contribution in [-0.2, 0) is 16.0 Å². The van der Waals surface area contributed by atoms with Crippen LogP contribution in [0.3, 0.4) is 0 Å². The van der Waals surface area contributed by atoms with Gasteiger partial charge in [0, 0.05) is 30.1 Å². The van der Waals surface area contributed by atoms with Gasteiger partial charge in [-0.05, 0) is 47.0 Å². The number of hydrogen-bond donors (Lipinski definition) is 2. The lowest BCUT2D eigenvalue weighted by Gasteiger charge is -2.26. The van der Waals surface area contributed by atoms with Crippen LogP contribution in [0.15, 0.2) is 29.6 Å². The van der Waals surface area contributed by atoms with Crippen molar-refractivity contribution in [3.63, 3.8) is 0 Å². The van der Waals surface area contributed by atoms with E-state index in [0.29, 0.717) is 22.9 Å². The average molecular weight is 446 g/mol. The summed E-state index contributed by atoms with van der Waals surface area (Å²) in [6.45, 7) is 6.95. The summed E-state index contributed by atoms with van der Waals surface area (Å²) in [6.07, 6.45) is 0.157. The van der Waals surface area contributed by atoms with Crippen molar-refractivity contribution in [3.8, 4) is 0 Å². The molecule has 2 N–H and O–H groups in total. The van der Waals surface area contributed by atoms with E-state index < -0.39 is 0 Å². The predicted octanol–water partition coefficient (Wildman–Crippen LogP) is 2.16. The van der Waals surface area contributed by atoms with E-state index in [9.17, 15) is 14.4 Å². The Morgan fingerprint density at radius 2 is 1.77 bits per heavy atom. The summed E-state index contributed by atoms with van der Waals surface area (Å²) < 4.78 is 0. The predicted molar refractivity (Wildman–Crippen MR) is 123 cm³/mol. The normalized spacial score (nSPS) is 10.9. The second-order valence-corrected chi connectivity index (χ2v) is 8.77. The van der Waals surface area contributed by atoms with Gasteiger partial charge >= 0.3 is 0 Å². The van der Waals surface area contributed by atoms with Gasteiger partial charge in [0.2, 0.25) is 11.8 Å². The number of benzene rings is 1. The zero-order chi connectivity index (χ0) is 23.0. The molecule has 168 valence electrons. The average Bonchev–Trinajstić information content (AvgIpc) is 3.12. The minimum Gasteiger partial charge on any atom is -0.354 e. The molecule has 0 spiro atoms. The molecule has 0 aliphatic heterocycles. The van der Waals surface area contributed by atoms with E-state index in [1.165, 1.54) is 16.2 Å². The number of aromatic nitrogens is 1. The van der Waals surface area contributed by atoms with Crippen LogP contribution in [0.1, 0.15) is 35.5 Å². The number of carbonyl (C=O) groups is 3. The fourth-order valence-electron chi connectivity index (χ4n) is 2.76. The molecule has 9 heteroatoms. The standard InChI is InChI=1S/C22H31N5O3S/c1-15(2)27(21(30)17-8-6-16(3)7-9-17)13-20(29)25-22-24-18(14-31-22)12-19(28)23-10-11-26(4)5/h6-9,14-15H,10-13H2,1-5H3,(H,23,28)(H,24,25,29). The maximum Gasteiger partial charge on any atom is 0.254 e. The van der Waals surface area contributed by atoms with Gasteiger partial charge in [0.25, 0.3) is 5.91 Å². The highest BCUT2D eigenvalue weighted by molar-refractivity contribution is 7.13. The van der Waals surface area contributed by atoms with Crippen molar-refractivity contribution in [1.29, 1.82) is 0 Å². The van der Waals surface area contributed by atoms with Gasteiger partial charge in [0.05, 0.1) is 12.1 Å². The summed E-state index contributed by atoms with van der Waals surface area (Å²) in [5.74, 6) is -0.635. The molecule has 0 aliphatic rings. The summed E-state index contributed by atoms with van der Waals surface area (Å²) in [7, 11) is 3.88. The quantitative estimate of drug-likeness (QED) is 0.584. The molecule has 2 aromatic rings. The van der Waals surface area contributed by atoms with Gasteiger partial charge < -0.3 is 20.4 Å². The van der Waals surface area contributed by atoms with Crippen LogP contribution >= 0.6 is 11.3 Å². The van der Waals surface area contributed by atoms with Gasteiger partial charge in [-0.3, -0.25) is 14.4 Å². The summed E-state index contributed by atoms with van der Waals surface area (Å²) in [5, 5.41) is 7.72. The van der Waals surface area contributed by atoms with Crippen molar-refractivity contribution < 1.29 is 14.4 Å². The molecular formula is C22H31N5O3S. The van der Waals surface area contributed by atoms with Crippen molar-refractivity contribution in [2.45, 2.75) is 33.2 Å². The molecule has 1 heterocycles. The van der Waals surface area contributed by atoms with Crippen molar-refractivity contribution in [2.24, 2.45) is 0 Å². The highest BCUT2D eigenvalue weighted by atomic mass is 32.1. The Balaban J connectivity index is 1.91. The number of aryl methyl sites for hydroxylation is 1. The number of nitrogens with zero attached hydrogens (tertiary/aromatic N) is 3. The Hall–Kier alpha value is -2.78. The minimum absolute atomic E-state index is 0.0791. The summed E-state index contributed by atoms with van der Waals surface area (Å²) >= 11 is 1.26. The molecule has 0 saturated heterocycles. The van der Waals surface area contributed by atoms with Gasteiger partial charge in [-0.1, -0.05) is 17.7 Å². The summed E-state index contributed by atoms with van der Waals surface area (Å²) in [5.41, 5.74) is 2.21. The highest BCUT2D eigenvalue weighted by Gasteiger charge is 2.22. The van der Waals surface area contributed by atoms with Crippen molar-refractivity contribution in [1.82, 2.24) is 20.1 Å². The molecule has 0 unspecified atom stereocenters. The maximum atomic E-state index is 12.8. The van der Waals surface area contributed by atoms with E-state index in [2.05, 4.69) is 15.6 Å². The maximum absolute atomic E-state index is 12.8. The first-order chi connectivity index (χ1) is 14.7. The minimum atomic E-state index is -0.328. The van der Waals surface area contributed by atoms with Crippen molar-refractivity contribution in [3.05, 3.63) is 46.5 Å². The van der Waals surface area contributed by atoms with Crippen LogP contribution in [0.4, 0.5) is 5.13 Å². The number of thiazole rings is 1. The lowest BCUT2D eigenvalue weighted by Crippen LogP contribution is -2.42. The molecule has 1 aromatic heterocycles. The number of hydrogen-bond acceptors (Lipinski definition) is 6. The lowest BCUT2D eigenvalue weighted by molar-refractivity contribution is -0.120. The molecule has 0 radical (unpaired) electrons. The largest absolute Gasteiger partial charge is 0.354 e. The van der Waals surface area contributed by atoms with Crippen molar-refractivity contribution in [2.75, 3.05) is 39.0 Å². The lowest BCUT2D eigenvalue weighted by atomic mass is 10.1. The van der Waals surface area contributed by atoms with Crippen molar-refractivity contribution >= 4 is 34.2 Å². The molecule has 0 atom stereocenters. The first-order valence-corrected chi connectivity index (χ1v) is 11.1. The zero-order valence-electron chi connectivity index (χ0n) is 18.8. The Kier molecular flexibility index (Phi) is 9.14. The second kappa shape index (κ2) is 11.6. The van der Waals surface area contributed by atoms with E-state index in [0.717, 1.165) is 12.1 Å². The third-order valence-corrected chi connectivity index (χ3v) is 5.32. The smallest absolute Gasteiger partial charge is 0.254 e. The molecule has 0 bridgehead atoms. The molecule has 0 aliphatic carbocycles. The Labute approximate surface area is 187 Å². The Morgan fingerprint density at radius 3 is 2.39 bits per heavy atom. The number of nitrogens with one attached hydrogen (secondary N) is 2. The van der Waals surface area contributed by atoms with Crippen LogP contribution in [0.5, 0.6) is 0 Å². The zero-order valence-corrected chi connectivity index (χ0v) is 19.6. The molecule has 1 aromatic carbocycles. The van der Waals surface area contributed by atoms with Crippen LogP contribution in [0.25, 0.3) is 0 Å². The monoisotopic (exact) mass is 445 g/mol. The number of anilines is 1. The van der Waals surface area contributed by atoms with Gasteiger partial charge in [-0.25, -0.2) is 4.98 Å². The van der Waals surface area contributed by atoms with Gasteiger partial charge in [0.1, 0.15) is 6.54 Å². The van der Waals surface area contributed by atoms with E-state index in [4.69, 9.17) is 0 Å².